The van der Waals surface area contributed by atoms with Crippen LogP contribution in [0.25, 0.3) is 0 Å². The number of nitrogens with zero attached hydrogens (tertiary/aromatic N) is 4. The van der Waals surface area contributed by atoms with Gasteiger partial charge in [-0.15, -0.1) is 10.2 Å². The summed E-state index contributed by atoms with van der Waals surface area (Å²) < 4.78 is 2.13. The van der Waals surface area contributed by atoms with Crippen LogP contribution < -0.4 is 0 Å². The highest BCUT2D eigenvalue weighted by Gasteiger charge is 2.03. The number of hydrogen-bond donors (Lipinski definition) is 0. The van der Waals surface area contributed by atoms with Crippen LogP contribution >= 0.6 is 0 Å². The zero-order valence-corrected chi connectivity index (χ0v) is 9.50. The first-order chi connectivity index (χ1) is 7.90. The Bertz CT molecular complexity index is 422. The molecular weight excluding hydrogens is 200 g/mol. The molecule has 0 aliphatic carbocycles. The molecule has 2 heterocycles. The Morgan fingerprint density at radius 2 is 2.00 bits per heavy atom. The molecule has 84 valence electrons. The summed E-state index contributed by atoms with van der Waals surface area (Å²) in [5.74, 6) is 1.07. The van der Waals surface area contributed by atoms with E-state index in [0.29, 0.717) is 0 Å². The predicted octanol–water partition coefficient (Wildman–Crippen LogP) is 1.87. The molecule has 0 atom stereocenters. The van der Waals surface area contributed by atoms with E-state index in [9.17, 15) is 0 Å². The maximum atomic E-state index is 4.15. The molecule has 16 heavy (non-hydrogen) atoms. The summed E-state index contributed by atoms with van der Waals surface area (Å²) in [6.07, 6.45) is 8.50. The first kappa shape index (κ1) is 10.8. The topological polar surface area (TPSA) is 43.6 Å². The van der Waals surface area contributed by atoms with Crippen LogP contribution in [-0.2, 0) is 19.4 Å². The molecule has 0 bridgehead atoms. The molecule has 4 heteroatoms. The van der Waals surface area contributed by atoms with Gasteiger partial charge in [-0.3, -0.25) is 4.98 Å². The molecule has 0 aliphatic heterocycles. The molecule has 0 saturated carbocycles. The third-order valence-corrected chi connectivity index (χ3v) is 2.55. The zero-order valence-electron chi connectivity index (χ0n) is 9.50. The van der Waals surface area contributed by atoms with Gasteiger partial charge in [0, 0.05) is 25.4 Å². The smallest absolute Gasteiger partial charge is 0.133 e. The van der Waals surface area contributed by atoms with Crippen LogP contribution in [0, 0.1) is 0 Å². The average molecular weight is 216 g/mol. The highest BCUT2D eigenvalue weighted by atomic mass is 15.3. The summed E-state index contributed by atoms with van der Waals surface area (Å²) in [4.78, 5) is 4.00. The maximum absolute atomic E-state index is 4.15. The Kier molecular flexibility index (Phi) is 3.64. The van der Waals surface area contributed by atoms with Crippen LogP contribution in [0.1, 0.15) is 24.7 Å². The second kappa shape index (κ2) is 5.39. The van der Waals surface area contributed by atoms with E-state index in [1.165, 1.54) is 5.56 Å². The lowest BCUT2D eigenvalue weighted by atomic mass is 10.1. The first-order valence-corrected chi connectivity index (χ1v) is 5.65. The van der Waals surface area contributed by atoms with E-state index in [0.717, 1.165) is 31.6 Å². The van der Waals surface area contributed by atoms with Gasteiger partial charge in [-0.05, 0) is 30.5 Å². The monoisotopic (exact) mass is 216 g/mol. The van der Waals surface area contributed by atoms with Crippen molar-refractivity contribution in [2.45, 2.75) is 32.7 Å². The molecule has 2 rings (SSSR count). The molecule has 4 nitrogen and oxygen atoms in total. The lowest BCUT2D eigenvalue weighted by molar-refractivity contribution is 0.633. The second-order valence-electron chi connectivity index (χ2n) is 3.80. The lowest BCUT2D eigenvalue weighted by Crippen LogP contribution is -2.04. The van der Waals surface area contributed by atoms with Crippen LogP contribution in [0.5, 0.6) is 0 Å². The fourth-order valence-corrected chi connectivity index (χ4v) is 1.71. The summed E-state index contributed by atoms with van der Waals surface area (Å²) in [5, 5.41) is 8.10. The largest absolute Gasteiger partial charge is 0.318 e. The van der Waals surface area contributed by atoms with Gasteiger partial charge >= 0.3 is 0 Å². The Labute approximate surface area is 95.4 Å². The average Bonchev–Trinajstić information content (AvgIpc) is 2.76. The minimum atomic E-state index is 0.935. The standard InChI is InChI=1S/C12H16N4/c1-2-9-16-10-14-15-12(16)4-3-11-5-7-13-8-6-11/h5-8,10H,2-4,9H2,1H3. The van der Waals surface area contributed by atoms with Gasteiger partial charge in [-0.1, -0.05) is 6.92 Å². The molecular formula is C12H16N4. The van der Waals surface area contributed by atoms with E-state index in [4.69, 9.17) is 0 Å². The highest BCUT2D eigenvalue weighted by molar-refractivity contribution is 5.10. The molecule has 0 saturated heterocycles. The Morgan fingerprint density at radius 1 is 1.19 bits per heavy atom. The van der Waals surface area contributed by atoms with E-state index in [1.54, 1.807) is 0 Å². The van der Waals surface area contributed by atoms with Gasteiger partial charge in [0.25, 0.3) is 0 Å². The maximum Gasteiger partial charge on any atom is 0.133 e. The van der Waals surface area contributed by atoms with Gasteiger partial charge in [-0.2, -0.15) is 0 Å². The Morgan fingerprint density at radius 3 is 2.75 bits per heavy atom. The first-order valence-electron chi connectivity index (χ1n) is 5.65. The molecule has 0 fully saturated rings. The number of hydrogen-bond acceptors (Lipinski definition) is 3. The minimum absolute atomic E-state index is 0.935. The van der Waals surface area contributed by atoms with Crippen molar-refractivity contribution in [3.63, 3.8) is 0 Å². The van der Waals surface area contributed by atoms with Crippen molar-refractivity contribution < 1.29 is 0 Å². The quantitative estimate of drug-likeness (QED) is 0.766. The number of rotatable bonds is 5. The van der Waals surface area contributed by atoms with E-state index in [2.05, 4.69) is 26.7 Å². The number of pyridine rings is 1. The fraction of sp³-hybridized carbons (Fsp3) is 0.417. The SMILES string of the molecule is CCCn1cnnc1CCc1ccncc1. The van der Waals surface area contributed by atoms with Gasteiger partial charge in [0.15, 0.2) is 0 Å². The van der Waals surface area contributed by atoms with Gasteiger partial charge < -0.3 is 4.57 Å². The Hall–Kier alpha value is -1.71. The Balaban J connectivity index is 1.97. The highest BCUT2D eigenvalue weighted by Crippen LogP contribution is 2.04. The van der Waals surface area contributed by atoms with Crippen LogP contribution in [0.4, 0.5) is 0 Å². The molecule has 2 aromatic rings. The summed E-state index contributed by atoms with van der Waals surface area (Å²) in [7, 11) is 0. The van der Waals surface area contributed by atoms with E-state index < -0.39 is 0 Å². The molecule has 0 aromatic carbocycles. The summed E-state index contributed by atoms with van der Waals surface area (Å²) in [5.41, 5.74) is 1.29. The predicted molar refractivity (Wildman–Crippen MR) is 62.0 cm³/mol. The fourth-order valence-electron chi connectivity index (χ4n) is 1.71. The molecule has 0 spiro atoms. The molecule has 0 unspecified atom stereocenters. The number of aromatic nitrogens is 4. The van der Waals surface area contributed by atoms with Crippen LogP contribution in [0.15, 0.2) is 30.9 Å². The van der Waals surface area contributed by atoms with Gasteiger partial charge in [-0.25, -0.2) is 0 Å². The molecule has 0 N–H and O–H groups in total. The summed E-state index contributed by atoms with van der Waals surface area (Å²) >= 11 is 0. The van der Waals surface area contributed by atoms with Crippen molar-refractivity contribution in [2.24, 2.45) is 0 Å². The summed E-state index contributed by atoms with van der Waals surface area (Å²) in [6, 6.07) is 4.08. The van der Waals surface area contributed by atoms with Crippen LogP contribution in [0.2, 0.25) is 0 Å². The van der Waals surface area contributed by atoms with Gasteiger partial charge in [0.1, 0.15) is 12.2 Å². The molecule has 2 aromatic heterocycles. The third-order valence-electron chi connectivity index (χ3n) is 2.55. The van der Waals surface area contributed by atoms with E-state index >= 15 is 0 Å². The van der Waals surface area contributed by atoms with Crippen molar-refractivity contribution in [1.82, 2.24) is 19.7 Å². The van der Waals surface area contributed by atoms with E-state index in [1.807, 2.05) is 30.9 Å². The van der Waals surface area contributed by atoms with E-state index in [-0.39, 0.29) is 0 Å². The van der Waals surface area contributed by atoms with Crippen LogP contribution in [-0.4, -0.2) is 19.7 Å². The lowest BCUT2D eigenvalue weighted by Gasteiger charge is -2.04. The minimum Gasteiger partial charge on any atom is -0.318 e. The normalized spacial score (nSPS) is 10.6. The van der Waals surface area contributed by atoms with Crippen molar-refractivity contribution in [3.8, 4) is 0 Å². The third kappa shape index (κ3) is 2.66. The van der Waals surface area contributed by atoms with Gasteiger partial charge in [0.05, 0.1) is 0 Å². The molecule has 0 amide bonds. The molecule has 0 aliphatic rings. The van der Waals surface area contributed by atoms with Crippen molar-refractivity contribution in [1.29, 1.82) is 0 Å². The zero-order chi connectivity index (χ0) is 11.2. The van der Waals surface area contributed by atoms with Crippen molar-refractivity contribution >= 4 is 0 Å². The number of aryl methyl sites for hydroxylation is 3. The van der Waals surface area contributed by atoms with Gasteiger partial charge in [0.2, 0.25) is 0 Å². The second-order valence-corrected chi connectivity index (χ2v) is 3.80. The van der Waals surface area contributed by atoms with Crippen LogP contribution in [0.3, 0.4) is 0 Å². The molecule has 0 radical (unpaired) electrons. The summed E-state index contributed by atoms with van der Waals surface area (Å²) in [6.45, 7) is 3.16. The van der Waals surface area contributed by atoms with Crippen molar-refractivity contribution in [2.75, 3.05) is 0 Å². The van der Waals surface area contributed by atoms with Crippen molar-refractivity contribution in [3.05, 3.63) is 42.2 Å².